The number of carbonyl (C=O) groups excluding carboxylic acids is 1. The molecule has 0 aromatic carbocycles. The molecule has 1 fully saturated rings. The Hall–Kier alpha value is 0.0400. The number of alkyl halides is 1. The van der Waals surface area contributed by atoms with E-state index in [2.05, 4.69) is 27.9 Å². The van der Waals surface area contributed by atoms with Gasteiger partial charge in [-0.15, -0.1) is 0 Å². The number of carbonyl (C=O) groups is 1. The first-order valence-corrected chi connectivity index (χ1v) is 6.66. The third-order valence-electron chi connectivity index (χ3n) is 2.79. The van der Waals surface area contributed by atoms with E-state index in [-0.39, 0.29) is 16.4 Å². The average molecular weight is 359 g/mol. The number of nitrogens with one attached hydrogen (secondary N) is 1. The lowest BCUT2D eigenvalue weighted by Crippen LogP contribution is -2.65. The third kappa shape index (κ3) is 3.50. The molecule has 6 atom stereocenters. The van der Waals surface area contributed by atoms with Crippen LogP contribution >= 0.6 is 22.6 Å². The number of ether oxygens (including phenoxy) is 1. The van der Waals surface area contributed by atoms with Crippen molar-refractivity contribution in [3.8, 4) is 0 Å². The molecule has 0 bridgehead atoms. The van der Waals surface area contributed by atoms with E-state index in [1.165, 1.54) is 6.92 Å². The highest BCUT2D eigenvalue weighted by Crippen LogP contribution is 2.26. The normalized spacial score (nSPS) is 39.8. The van der Waals surface area contributed by atoms with E-state index in [1.807, 2.05) is 6.92 Å². The molecule has 6 nitrogen and oxygen atoms in total. The van der Waals surface area contributed by atoms with E-state index in [1.54, 1.807) is 0 Å². The van der Waals surface area contributed by atoms with E-state index in [0.717, 1.165) is 0 Å². The van der Waals surface area contributed by atoms with Crippen LogP contribution in [0.5, 0.6) is 0 Å². The quantitative estimate of drug-likeness (QED) is 0.375. The number of aliphatic hydroxyl groups is 3. The molecule has 100 valence electrons. The minimum absolute atomic E-state index is 0.0145. The molecular formula is C10H18INO5. The Morgan fingerprint density at radius 3 is 2.47 bits per heavy atom. The number of amides is 1. The predicted octanol–water partition coefficient (Wildman–Crippen LogP) is -1.20. The van der Waals surface area contributed by atoms with Gasteiger partial charge in [0.2, 0.25) is 5.91 Å². The predicted molar refractivity (Wildman–Crippen MR) is 68.8 cm³/mol. The summed E-state index contributed by atoms with van der Waals surface area (Å²) in [5.41, 5.74) is 0. The summed E-state index contributed by atoms with van der Waals surface area (Å²) in [6.45, 7) is 2.84. The molecule has 4 N–H and O–H groups in total. The molecule has 1 saturated heterocycles. The van der Waals surface area contributed by atoms with Crippen LogP contribution in [0.3, 0.4) is 0 Å². The Bertz CT molecular complexity index is 275. The van der Waals surface area contributed by atoms with Crippen molar-refractivity contribution in [2.45, 2.75) is 48.2 Å². The van der Waals surface area contributed by atoms with Gasteiger partial charge < -0.3 is 25.4 Å². The monoisotopic (exact) mass is 359 g/mol. The van der Waals surface area contributed by atoms with E-state index < -0.39 is 30.5 Å². The van der Waals surface area contributed by atoms with Crippen LogP contribution in [0.25, 0.3) is 0 Å². The Labute approximate surface area is 113 Å². The number of hydrogen-bond donors (Lipinski definition) is 4. The zero-order valence-electron chi connectivity index (χ0n) is 9.71. The molecule has 0 radical (unpaired) electrons. The van der Waals surface area contributed by atoms with Crippen LogP contribution in [0, 0.1) is 0 Å². The lowest BCUT2D eigenvalue weighted by Gasteiger charge is -2.43. The zero-order chi connectivity index (χ0) is 13.2. The maximum Gasteiger partial charge on any atom is 0.217 e. The Morgan fingerprint density at radius 1 is 1.47 bits per heavy atom. The van der Waals surface area contributed by atoms with Gasteiger partial charge in [-0.3, -0.25) is 4.79 Å². The highest BCUT2D eigenvalue weighted by molar-refractivity contribution is 14.1. The van der Waals surface area contributed by atoms with Crippen molar-refractivity contribution in [2.24, 2.45) is 0 Å². The summed E-state index contributed by atoms with van der Waals surface area (Å²) in [6, 6.07) is -0.669. The van der Waals surface area contributed by atoms with E-state index in [4.69, 9.17) is 9.84 Å². The van der Waals surface area contributed by atoms with Crippen LogP contribution in [-0.2, 0) is 9.53 Å². The lowest BCUT2D eigenvalue weighted by atomic mass is 9.91. The fourth-order valence-electron chi connectivity index (χ4n) is 1.94. The van der Waals surface area contributed by atoms with Crippen LogP contribution in [0.4, 0.5) is 0 Å². The molecule has 0 aliphatic carbocycles. The van der Waals surface area contributed by atoms with Gasteiger partial charge in [-0.05, 0) is 0 Å². The zero-order valence-corrected chi connectivity index (χ0v) is 11.9. The molecule has 1 rings (SSSR count). The van der Waals surface area contributed by atoms with Gasteiger partial charge in [0.15, 0.2) is 0 Å². The van der Waals surface area contributed by atoms with Gasteiger partial charge in [0.1, 0.15) is 18.3 Å². The summed E-state index contributed by atoms with van der Waals surface area (Å²) < 4.78 is 5.53. The van der Waals surface area contributed by atoms with Crippen molar-refractivity contribution in [1.82, 2.24) is 5.32 Å². The van der Waals surface area contributed by atoms with Gasteiger partial charge in [0.25, 0.3) is 0 Å². The van der Waals surface area contributed by atoms with E-state index in [0.29, 0.717) is 0 Å². The molecule has 17 heavy (non-hydrogen) atoms. The van der Waals surface area contributed by atoms with E-state index >= 15 is 0 Å². The van der Waals surface area contributed by atoms with Crippen LogP contribution in [0.1, 0.15) is 13.8 Å². The van der Waals surface area contributed by atoms with Crippen molar-refractivity contribution in [2.75, 3.05) is 6.61 Å². The second kappa shape index (κ2) is 6.28. The smallest absolute Gasteiger partial charge is 0.217 e. The molecule has 0 aromatic heterocycles. The van der Waals surface area contributed by atoms with Gasteiger partial charge in [-0.25, -0.2) is 0 Å². The molecule has 0 aromatic rings. The molecule has 1 aliphatic heterocycles. The van der Waals surface area contributed by atoms with Crippen molar-refractivity contribution in [3.63, 3.8) is 0 Å². The van der Waals surface area contributed by atoms with Gasteiger partial charge in [0, 0.05) is 10.8 Å². The highest BCUT2D eigenvalue weighted by Gasteiger charge is 2.45. The third-order valence-corrected chi connectivity index (χ3v) is 3.50. The Kier molecular flexibility index (Phi) is 5.58. The van der Waals surface area contributed by atoms with Gasteiger partial charge in [-0.1, -0.05) is 29.5 Å². The Morgan fingerprint density at radius 2 is 2.06 bits per heavy atom. The van der Waals surface area contributed by atoms with Crippen LogP contribution < -0.4 is 5.32 Å². The minimum atomic E-state index is -1.21. The number of hydrogen-bond acceptors (Lipinski definition) is 5. The maximum absolute atomic E-state index is 11.1. The number of rotatable bonds is 3. The molecule has 0 saturated carbocycles. The first-order valence-electron chi connectivity index (χ1n) is 5.42. The van der Waals surface area contributed by atoms with Crippen LogP contribution in [0.15, 0.2) is 0 Å². The minimum Gasteiger partial charge on any atom is -0.394 e. The number of aliphatic hydroxyl groups excluding tert-OH is 3. The summed E-state index contributed by atoms with van der Waals surface area (Å²) in [4.78, 5) is 11.1. The summed E-state index contributed by atoms with van der Waals surface area (Å²) in [6.07, 6.45) is -3.62. The fraction of sp³-hybridized carbons (Fsp3) is 0.900. The molecule has 7 heteroatoms. The average Bonchev–Trinajstić information content (AvgIpc) is 2.24. The molecule has 1 amide bonds. The van der Waals surface area contributed by atoms with Crippen molar-refractivity contribution >= 4 is 28.5 Å². The fourth-order valence-corrected chi connectivity index (χ4v) is 2.56. The molecule has 1 heterocycles. The summed E-state index contributed by atoms with van der Waals surface area (Å²) in [5, 5.41) is 31.3. The first kappa shape index (κ1) is 15.1. The lowest BCUT2D eigenvalue weighted by molar-refractivity contribution is -0.193. The largest absolute Gasteiger partial charge is 0.394 e. The number of halogens is 1. The topological polar surface area (TPSA) is 99.0 Å². The summed E-state index contributed by atoms with van der Waals surface area (Å²) in [5.74, 6) is -0.297. The second-order valence-electron chi connectivity index (χ2n) is 4.21. The summed E-state index contributed by atoms with van der Waals surface area (Å²) in [7, 11) is 0. The molecule has 4 unspecified atom stereocenters. The van der Waals surface area contributed by atoms with Crippen LogP contribution in [-0.4, -0.2) is 62.2 Å². The Balaban J connectivity index is 2.86. The molecular weight excluding hydrogens is 341 g/mol. The SMILES string of the molecule is CC(=O)NC1C(O)[C@H](O)C(CO)O[C@H]1C(C)I. The molecule has 1 aliphatic rings. The van der Waals surface area contributed by atoms with Gasteiger partial charge >= 0.3 is 0 Å². The highest BCUT2D eigenvalue weighted by atomic mass is 127. The second-order valence-corrected chi connectivity index (χ2v) is 6.17. The first-order chi connectivity index (χ1) is 7.88. The van der Waals surface area contributed by atoms with Crippen molar-refractivity contribution in [1.29, 1.82) is 0 Å². The molecule has 0 spiro atoms. The van der Waals surface area contributed by atoms with Crippen LogP contribution in [0.2, 0.25) is 0 Å². The maximum atomic E-state index is 11.1. The summed E-state index contributed by atoms with van der Waals surface area (Å²) >= 11 is 2.12. The van der Waals surface area contributed by atoms with E-state index in [9.17, 15) is 15.0 Å². The van der Waals surface area contributed by atoms with Crippen molar-refractivity contribution < 1.29 is 24.9 Å². The van der Waals surface area contributed by atoms with Gasteiger partial charge in [-0.2, -0.15) is 0 Å². The van der Waals surface area contributed by atoms with Gasteiger partial charge in [0.05, 0.1) is 18.8 Å². The van der Waals surface area contributed by atoms with Crippen molar-refractivity contribution in [3.05, 3.63) is 0 Å². The standard InChI is InChI=1S/C10H18INO5/c1-4(11)10-7(12-5(2)14)9(16)8(15)6(3-13)17-10/h4,6-10,13,15-16H,3H2,1-2H3,(H,12,14)/t4?,6?,7?,8-,9?,10+/m1/s1.